The van der Waals surface area contributed by atoms with Crippen LogP contribution in [-0.4, -0.2) is 48.8 Å². The van der Waals surface area contributed by atoms with Crippen LogP contribution in [0, 0.1) is 0 Å². The lowest BCUT2D eigenvalue weighted by Crippen LogP contribution is -2.49. The third-order valence-electron chi connectivity index (χ3n) is 4.03. The van der Waals surface area contributed by atoms with Crippen molar-refractivity contribution in [2.24, 2.45) is 5.73 Å². The highest BCUT2D eigenvalue weighted by molar-refractivity contribution is 5.03. The first-order chi connectivity index (χ1) is 10.3. The first-order valence-corrected chi connectivity index (χ1v) is 7.76. The van der Waals surface area contributed by atoms with Crippen molar-refractivity contribution in [3.05, 3.63) is 42.4 Å². The van der Waals surface area contributed by atoms with Crippen LogP contribution in [0.1, 0.15) is 18.5 Å². The third kappa shape index (κ3) is 5.46. The molecule has 1 saturated heterocycles. The molecule has 0 bridgehead atoms. The molecule has 21 heavy (non-hydrogen) atoms. The molecule has 0 aromatic carbocycles. The van der Waals surface area contributed by atoms with Crippen LogP contribution >= 0.6 is 0 Å². The van der Waals surface area contributed by atoms with Crippen molar-refractivity contribution in [2.45, 2.75) is 31.5 Å². The molecular formula is C16H27N5. The maximum Gasteiger partial charge on any atom is 0.0780 e. The predicted octanol–water partition coefficient (Wildman–Crippen LogP) is 0.696. The molecule has 1 aromatic rings. The van der Waals surface area contributed by atoms with Crippen LogP contribution in [0.15, 0.2) is 36.7 Å². The minimum absolute atomic E-state index is 0.167. The highest BCUT2D eigenvalue weighted by Crippen LogP contribution is 2.11. The number of rotatable bonds is 7. The molecule has 2 rings (SSSR count). The molecular weight excluding hydrogens is 262 g/mol. The number of hydrogen-bond acceptors (Lipinski definition) is 5. The molecule has 5 heteroatoms. The second-order valence-electron chi connectivity index (χ2n) is 5.50. The van der Waals surface area contributed by atoms with Crippen LogP contribution in [0.3, 0.4) is 0 Å². The monoisotopic (exact) mass is 289 g/mol. The molecule has 116 valence electrons. The highest BCUT2D eigenvalue weighted by Gasteiger charge is 2.20. The highest BCUT2D eigenvalue weighted by atomic mass is 15.2. The Morgan fingerprint density at radius 2 is 2.24 bits per heavy atom. The molecule has 2 heterocycles. The smallest absolute Gasteiger partial charge is 0.0780 e. The predicted molar refractivity (Wildman–Crippen MR) is 86.7 cm³/mol. The zero-order valence-electron chi connectivity index (χ0n) is 12.8. The van der Waals surface area contributed by atoms with Gasteiger partial charge >= 0.3 is 0 Å². The van der Waals surface area contributed by atoms with Crippen molar-refractivity contribution in [1.82, 2.24) is 20.5 Å². The van der Waals surface area contributed by atoms with Crippen molar-refractivity contribution in [2.75, 3.05) is 26.7 Å². The minimum atomic E-state index is 0.167. The number of nitrogens with two attached hydrogens (primary N) is 1. The maximum atomic E-state index is 5.45. The summed E-state index contributed by atoms with van der Waals surface area (Å²) in [6.07, 6.45) is 8.98. The summed E-state index contributed by atoms with van der Waals surface area (Å²) in [6.45, 7) is 3.39. The lowest BCUT2D eigenvalue weighted by Gasteiger charge is -2.34. The Hall–Kier alpha value is -1.43. The molecule has 0 saturated carbocycles. The molecule has 4 N–H and O–H groups in total. The van der Waals surface area contributed by atoms with E-state index in [4.69, 9.17) is 5.73 Å². The van der Waals surface area contributed by atoms with Gasteiger partial charge in [-0.1, -0.05) is 6.07 Å². The summed E-state index contributed by atoms with van der Waals surface area (Å²) in [5.41, 5.74) is 6.63. The number of nitrogens with one attached hydrogen (secondary N) is 2. The van der Waals surface area contributed by atoms with Crippen LogP contribution in [0.4, 0.5) is 0 Å². The second-order valence-corrected chi connectivity index (χ2v) is 5.50. The van der Waals surface area contributed by atoms with E-state index < -0.39 is 0 Å². The van der Waals surface area contributed by atoms with Gasteiger partial charge in [-0.15, -0.1) is 0 Å². The summed E-state index contributed by atoms with van der Waals surface area (Å²) in [5.74, 6) is 0. The Kier molecular flexibility index (Phi) is 6.66. The van der Waals surface area contributed by atoms with Crippen LogP contribution < -0.4 is 16.4 Å². The van der Waals surface area contributed by atoms with E-state index in [-0.39, 0.29) is 6.17 Å². The van der Waals surface area contributed by atoms with E-state index in [1.807, 2.05) is 25.4 Å². The number of piperidine rings is 1. The Morgan fingerprint density at radius 3 is 2.86 bits per heavy atom. The van der Waals surface area contributed by atoms with Crippen molar-refractivity contribution >= 4 is 0 Å². The van der Waals surface area contributed by atoms with Gasteiger partial charge in [0.05, 0.1) is 6.17 Å². The van der Waals surface area contributed by atoms with Crippen molar-refractivity contribution in [1.29, 1.82) is 0 Å². The zero-order chi connectivity index (χ0) is 14.9. The van der Waals surface area contributed by atoms with E-state index in [1.165, 1.54) is 18.5 Å². The van der Waals surface area contributed by atoms with Gasteiger partial charge in [-0.3, -0.25) is 10.3 Å². The van der Waals surface area contributed by atoms with Crippen LogP contribution in [0.5, 0.6) is 0 Å². The van der Waals surface area contributed by atoms with Crippen LogP contribution in [0.2, 0.25) is 0 Å². The fraction of sp³-hybridized carbons (Fsp3) is 0.562. The quantitative estimate of drug-likeness (QED) is 0.645. The molecule has 1 unspecified atom stereocenters. The largest absolute Gasteiger partial charge is 0.405 e. The van der Waals surface area contributed by atoms with E-state index in [0.717, 1.165) is 26.1 Å². The molecule has 0 aliphatic carbocycles. The number of nitrogens with zero attached hydrogens (tertiary/aromatic N) is 2. The molecule has 1 atom stereocenters. The van der Waals surface area contributed by atoms with Gasteiger partial charge in [0.1, 0.15) is 0 Å². The van der Waals surface area contributed by atoms with Gasteiger partial charge in [-0.05, 0) is 57.4 Å². The zero-order valence-corrected chi connectivity index (χ0v) is 12.8. The van der Waals surface area contributed by atoms with E-state index in [1.54, 1.807) is 6.20 Å². The van der Waals surface area contributed by atoms with E-state index >= 15 is 0 Å². The van der Waals surface area contributed by atoms with Gasteiger partial charge in [0.15, 0.2) is 0 Å². The molecule has 1 aliphatic heterocycles. The molecule has 0 spiro atoms. The molecule has 1 fully saturated rings. The molecule has 0 radical (unpaired) electrons. The Bertz CT molecular complexity index is 412. The van der Waals surface area contributed by atoms with Gasteiger partial charge < -0.3 is 16.0 Å². The Balaban J connectivity index is 1.68. The average Bonchev–Trinajstić information content (AvgIpc) is 2.54. The number of pyridine rings is 1. The van der Waals surface area contributed by atoms with Gasteiger partial charge in [-0.2, -0.15) is 0 Å². The van der Waals surface area contributed by atoms with Gasteiger partial charge in [0, 0.05) is 30.9 Å². The number of aromatic nitrogens is 1. The number of hydrogen-bond donors (Lipinski definition) is 3. The summed E-state index contributed by atoms with van der Waals surface area (Å²) < 4.78 is 0. The van der Waals surface area contributed by atoms with E-state index in [0.29, 0.717) is 6.04 Å². The summed E-state index contributed by atoms with van der Waals surface area (Å²) in [7, 11) is 1.94. The summed E-state index contributed by atoms with van der Waals surface area (Å²) in [5, 5.41) is 6.79. The van der Waals surface area contributed by atoms with E-state index in [9.17, 15) is 0 Å². The Morgan fingerprint density at radius 1 is 1.43 bits per heavy atom. The van der Waals surface area contributed by atoms with Crippen molar-refractivity contribution in [3.63, 3.8) is 0 Å². The fourth-order valence-corrected chi connectivity index (χ4v) is 2.74. The topological polar surface area (TPSA) is 66.2 Å². The standard InChI is InChI=1S/C16H27N5/c1-18-16(5-9-17)20-15-7-12-21(13-8-15)11-6-14-4-2-3-10-19-14/h2-5,9-10,15-16,18,20H,6-8,11-13,17H2,1H3/b9-5-. The lowest BCUT2D eigenvalue weighted by atomic mass is 10.0. The van der Waals surface area contributed by atoms with Crippen molar-refractivity contribution < 1.29 is 0 Å². The molecule has 1 aromatic heterocycles. The first kappa shape index (κ1) is 15.9. The third-order valence-corrected chi connectivity index (χ3v) is 4.03. The number of likely N-dealkylation sites (N-methyl/N-ethyl adjacent to an activating group) is 1. The maximum absolute atomic E-state index is 5.45. The van der Waals surface area contributed by atoms with Crippen LogP contribution in [0.25, 0.3) is 0 Å². The fourth-order valence-electron chi connectivity index (χ4n) is 2.74. The van der Waals surface area contributed by atoms with Crippen LogP contribution in [-0.2, 0) is 6.42 Å². The van der Waals surface area contributed by atoms with Gasteiger partial charge in [0.2, 0.25) is 0 Å². The Labute approximate surface area is 127 Å². The molecule has 0 amide bonds. The average molecular weight is 289 g/mol. The first-order valence-electron chi connectivity index (χ1n) is 7.76. The summed E-state index contributed by atoms with van der Waals surface area (Å²) >= 11 is 0. The summed E-state index contributed by atoms with van der Waals surface area (Å²) in [4.78, 5) is 6.91. The molecule has 1 aliphatic rings. The minimum Gasteiger partial charge on any atom is -0.405 e. The van der Waals surface area contributed by atoms with E-state index in [2.05, 4.69) is 32.7 Å². The normalized spacial score (nSPS) is 19.1. The van der Waals surface area contributed by atoms with Crippen molar-refractivity contribution in [3.8, 4) is 0 Å². The molecule has 5 nitrogen and oxygen atoms in total. The second kappa shape index (κ2) is 8.77. The van der Waals surface area contributed by atoms with Gasteiger partial charge in [-0.25, -0.2) is 0 Å². The SMILES string of the molecule is CNC(/C=C\N)NC1CCN(CCc2ccccn2)CC1. The van der Waals surface area contributed by atoms with Gasteiger partial charge in [0.25, 0.3) is 0 Å². The number of likely N-dealkylation sites (tertiary alicyclic amines) is 1. The lowest BCUT2D eigenvalue weighted by molar-refractivity contribution is 0.193. The summed E-state index contributed by atoms with van der Waals surface area (Å²) in [6, 6.07) is 6.69.